The third kappa shape index (κ3) is 2.92. The Morgan fingerprint density at radius 3 is 2.57 bits per heavy atom. The van der Waals surface area contributed by atoms with Gasteiger partial charge in [0.25, 0.3) is 11.1 Å². The molecule has 2 aromatic rings. The summed E-state index contributed by atoms with van der Waals surface area (Å²) in [6.07, 6.45) is 0. The van der Waals surface area contributed by atoms with Gasteiger partial charge in [0, 0.05) is 22.3 Å². The van der Waals surface area contributed by atoms with Crippen LogP contribution in [0.25, 0.3) is 0 Å². The molecule has 21 heavy (non-hydrogen) atoms. The fraction of sp³-hybridized carbons (Fsp3) is 0.214. The fourth-order valence-corrected chi connectivity index (χ4v) is 2.03. The zero-order chi connectivity index (χ0) is 15.7. The number of benzene rings is 1. The minimum atomic E-state index is -0.536. The first-order valence-corrected chi connectivity index (χ1v) is 6.60. The molecule has 0 atom stereocenters. The number of nitrogens with zero attached hydrogens (tertiary/aromatic N) is 1. The number of hydrogen-bond donors (Lipinski definition) is 2. The number of halogens is 1. The van der Waals surface area contributed by atoms with Crippen molar-refractivity contribution in [1.29, 1.82) is 0 Å². The van der Waals surface area contributed by atoms with Crippen LogP contribution in [0.2, 0.25) is 0 Å². The standard InChI is InChI=1S/C14H14FN3O2S/c1-7-8(2)14(20)18(17-13(7)19)6-10-4-3-9(12(16)21)5-11(10)15/h3-5H,6H2,1-2H3,(H2,16,21)(H,17,19). The molecule has 0 unspecified atom stereocenters. The highest BCUT2D eigenvalue weighted by atomic mass is 32.1. The number of aromatic amines is 1. The average molecular weight is 307 g/mol. The van der Waals surface area contributed by atoms with Crippen LogP contribution in [0.4, 0.5) is 4.39 Å². The van der Waals surface area contributed by atoms with Gasteiger partial charge in [-0.2, -0.15) is 0 Å². The van der Waals surface area contributed by atoms with Gasteiger partial charge in [0.1, 0.15) is 10.8 Å². The summed E-state index contributed by atoms with van der Waals surface area (Å²) < 4.78 is 15.1. The Bertz CT molecular complexity index is 839. The summed E-state index contributed by atoms with van der Waals surface area (Å²) in [7, 11) is 0. The molecule has 0 aliphatic heterocycles. The zero-order valence-corrected chi connectivity index (χ0v) is 12.4. The smallest absolute Gasteiger partial charge is 0.268 e. The molecule has 1 aromatic heterocycles. The lowest BCUT2D eigenvalue weighted by Crippen LogP contribution is -2.33. The number of hydrogen-bond acceptors (Lipinski definition) is 3. The first kappa shape index (κ1) is 15.1. The van der Waals surface area contributed by atoms with Crippen LogP contribution < -0.4 is 16.9 Å². The number of H-pyrrole nitrogens is 1. The van der Waals surface area contributed by atoms with Crippen LogP contribution in [0.15, 0.2) is 27.8 Å². The van der Waals surface area contributed by atoms with Gasteiger partial charge in [-0.1, -0.05) is 24.4 Å². The summed E-state index contributed by atoms with van der Waals surface area (Å²) in [5.41, 5.74) is 6.08. The summed E-state index contributed by atoms with van der Waals surface area (Å²) in [4.78, 5) is 23.8. The second-order valence-electron chi connectivity index (χ2n) is 4.75. The van der Waals surface area contributed by atoms with E-state index in [1.807, 2.05) is 0 Å². The van der Waals surface area contributed by atoms with Gasteiger partial charge in [0.15, 0.2) is 0 Å². The maximum absolute atomic E-state index is 14.0. The molecular weight excluding hydrogens is 293 g/mol. The molecule has 110 valence electrons. The highest BCUT2D eigenvalue weighted by Gasteiger charge is 2.10. The maximum atomic E-state index is 14.0. The van der Waals surface area contributed by atoms with E-state index in [-0.39, 0.29) is 28.2 Å². The average Bonchev–Trinajstić information content (AvgIpc) is 2.44. The molecule has 5 nitrogen and oxygen atoms in total. The van der Waals surface area contributed by atoms with E-state index in [1.54, 1.807) is 19.9 Å². The molecule has 0 saturated heterocycles. The van der Waals surface area contributed by atoms with E-state index in [0.717, 1.165) is 4.68 Å². The Labute approximate surface area is 125 Å². The third-order valence-corrected chi connectivity index (χ3v) is 3.61. The second kappa shape index (κ2) is 5.61. The fourth-order valence-electron chi connectivity index (χ4n) is 1.90. The van der Waals surface area contributed by atoms with Crippen LogP contribution in [-0.2, 0) is 6.54 Å². The molecule has 2 rings (SSSR count). The lowest BCUT2D eigenvalue weighted by Gasteiger charge is -2.10. The molecule has 0 saturated carbocycles. The zero-order valence-electron chi connectivity index (χ0n) is 11.6. The van der Waals surface area contributed by atoms with Crippen molar-refractivity contribution in [2.24, 2.45) is 5.73 Å². The minimum Gasteiger partial charge on any atom is -0.389 e. The summed E-state index contributed by atoms with van der Waals surface area (Å²) in [6, 6.07) is 4.27. The van der Waals surface area contributed by atoms with Crippen LogP contribution in [0.1, 0.15) is 22.3 Å². The van der Waals surface area contributed by atoms with E-state index in [2.05, 4.69) is 5.10 Å². The Balaban J connectivity index is 2.46. The van der Waals surface area contributed by atoms with E-state index < -0.39 is 5.82 Å². The quantitative estimate of drug-likeness (QED) is 0.828. The molecule has 0 bridgehead atoms. The van der Waals surface area contributed by atoms with Crippen molar-refractivity contribution in [1.82, 2.24) is 9.78 Å². The molecular formula is C14H14FN3O2S. The maximum Gasteiger partial charge on any atom is 0.268 e. The Morgan fingerprint density at radius 1 is 1.33 bits per heavy atom. The number of aromatic nitrogens is 2. The molecule has 3 N–H and O–H groups in total. The Hall–Kier alpha value is -2.28. The SMILES string of the molecule is Cc1c(C)c(=O)n(Cc2ccc(C(N)=S)cc2F)[nH]c1=O. The van der Waals surface area contributed by atoms with Gasteiger partial charge >= 0.3 is 0 Å². The second-order valence-corrected chi connectivity index (χ2v) is 5.19. The monoisotopic (exact) mass is 307 g/mol. The van der Waals surface area contributed by atoms with Gasteiger partial charge in [-0.3, -0.25) is 14.7 Å². The van der Waals surface area contributed by atoms with Crippen LogP contribution >= 0.6 is 12.2 Å². The minimum absolute atomic E-state index is 0.0708. The Kier molecular flexibility index (Phi) is 4.04. The summed E-state index contributed by atoms with van der Waals surface area (Å²) in [6.45, 7) is 3.06. The highest BCUT2D eigenvalue weighted by molar-refractivity contribution is 7.80. The molecule has 0 fully saturated rings. The first-order valence-electron chi connectivity index (χ1n) is 6.20. The van der Waals surface area contributed by atoms with Crippen molar-refractivity contribution in [3.05, 3.63) is 67.0 Å². The number of thiocarbonyl (C=S) groups is 1. The van der Waals surface area contributed by atoms with Crippen molar-refractivity contribution in [3.8, 4) is 0 Å². The lowest BCUT2D eigenvalue weighted by atomic mass is 10.1. The van der Waals surface area contributed by atoms with Crippen LogP contribution in [-0.4, -0.2) is 14.8 Å². The van der Waals surface area contributed by atoms with Gasteiger partial charge < -0.3 is 5.73 Å². The summed E-state index contributed by atoms with van der Waals surface area (Å²) in [5.74, 6) is -0.536. The van der Waals surface area contributed by atoms with Crippen LogP contribution in [0, 0.1) is 19.7 Å². The lowest BCUT2D eigenvalue weighted by molar-refractivity contribution is 0.564. The third-order valence-electron chi connectivity index (χ3n) is 3.37. The molecule has 0 radical (unpaired) electrons. The van der Waals surface area contributed by atoms with E-state index in [4.69, 9.17) is 18.0 Å². The molecule has 0 aliphatic carbocycles. The predicted octanol–water partition coefficient (Wildman–Crippen LogP) is 0.975. The molecule has 0 amide bonds. The largest absolute Gasteiger partial charge is 0.389 e. The van der Waals surface area contributed by atoms with Crippen molar-refractivity contribution in [2.45, 2.75) is 20.4 Å². The van der Waals surface area contributed by atoms with Crippen molar-refractivity contribution in [3.63, 3.8) is 0 Å². The van der Waals surface area contributed by atoms with Crippen molar-refractivity contribution in [2.75, 3.05) is 0 Å². The van der Waals surface area contributed by atoms with E-state index in [0.29, 0.717) is 16.7 Å². The normalized spacial score (nSPS) is 10.6. The molecule has 1 aromatic carbocycles. The Morgan fingerprint density at radius 2 is 2.00 bits per heavy atom. The summed E-state index contributed by atoms with van der Waals surface area (Å²) >= 11 is 4.77. The van der Waals surface area contributed by atoms with Crippen LogP contribution in [0.5, 0.6) is 0 Å². The predicted molar refractivity (Wildman–Crippen MR) is 82.2 cm³/mol. The van der Waals surface area contributed by atoms with Crippen LogP contribution in [0.3, 0.4) is 0 Å². The van der Waals surface area contributed by atoms with E-state index in [9.17, 15) is 14.0 Å². The van der Waals surface area contributed by atoms with Gasteiger partial charge in [-0.25, -0.2) is 9.07 Å². The van der Waals surface area contributed by atoms with Gasteiger partial charge in [0.05, 0.1) is 6.54 Å². The molecule has 0 aliphatic rings. The summed E-state index contributed by atoms with van der Waals surface area (Å²) in [5, 5.41) is 2.43. The number of nitrogens with one attached hydrogen (secondary N) is 1. The molecule has 0 spiro atoms. The highest BCUT2D eigenvalue weighted by Crippen LogP contribution is 2.11. The number of rotatable bonds is 3. The van der Waals surface area contributed by atoms with Crippen molar-refractivity contribution >= 4 is 17.2 Å². The molecule has 7 heteroatoms. The van der Waals surface area contributed by atoms with Gasteiger partial charge in [0.2, 0.25) is 0 Å². The number of nitrogens with two attached hydrogens (primary N) is 1. The van der Waals surface area contributed by atoms with Crippen molar-refractivity contribution < 1.29 is 4.39 Å². The van der Waals surface area contributed by atoms with Gasteiger partial charge in [-0.15, -0.1) is 0 Å². The first-order chi connectivity index (χ1) is 9.81. The molecule has 1 heterocycles. The van der Waals surface area contributed by atoms with E-state index >= 15 is 0 Å². The van der Waals surface area contributed by atoms with E-state index in [1.165, 1.54) is 12.1 Å². The van der Waals surface area contributed by atoms with Gasteiger partial charge in [-0.05, 0) is 19.9 Å². The topological polar surface area (TPSA) is 80.9 Å².